The highest BCUT2D eigenvalue weighted by molar-refractivity contribution is 7.92. The van der Waals surface area contributed by atoms with Crippen molar-refractivity contribution < 1.29 is 13.2 Å². The second-order valence-electron chi connectivity index (χ2n) is 8.32. The van der Waals surface area contributed by atoms with E-state index in [1.807, 2.05) is 0 Å². The zero-order valence-electron chi connectivity index (χ0n) is 18.2. The predicted octanol–water partition coefficient (Wildman–Crippen LogP) is 3.62. The third kappa shape index (κ3) is 8.19. The topological polar surface area (TPSA) is 78.5 Å². The van der Waals surface area contributed by atoms with Gasteiger partial charge in [-0.2, -0.15) is 0 Å². The molecule has 1 saturated heterocycles. The quantitative estimate of drug-likeness (QED) is 0.614. The molecular formula is C24H31N3O3S. The Bertz CT molecular complexity index is 991. The first kappa shape index (κ1) is 23.0. The monoisotopic (exact) mass is 441 g/mol. The summed E-state index contributed by atoms with van der Waals surface area (Å²) >= 11 is 0. The van der Waals surface area contributed by atoms with E-state index in [2.05, 4.69) is 46.1 Å². The molecule has 0 spiro atoms. The van der Waals surface area contributed by atoms with E-state index in [1.165, 1.54) is 37.6 Å². The summed E-state index contributed by atoms with van der Waals surface area (Å²) < 4.78 is 24.9. The molecule has 1 amide bonds. The van der Waals surface area contributed by atoms with Gasteiger partial charge in [-0.15, -0.1) is 0 Å². The molecule has 0 atom stereocenters. The van der Waals surface area contributed by atoms with E-state index in [-0.39, 0.29) is 5.91 Å². The van der Waals surface area contributed by atoms with Gasteiger partial charge in [0.05, 0.1) is 6.26 Å². The van der Waals surface area contributed by atoms with Crippen LogP contribution in [-0.2, 0) is 27.9 Å². The molecule has 0 aliphatic carbocycles. The predicted molar refractivity (Wildman–Crippen MR) is 126 cm³/mol. The van der Waals surface area contributed by atoms with Crippen molar-refractivity contribution in [2.24, 2.45) is 5.92 Å². The minimum absolute atomic E-state index is 0.176. The highest BCUT2D eigenvalue weighted by atomic mass is 32.2. The van der Waals surface area contributed by atoms with Crippen molar-refractivity contribution in [3.05, 3.63) is 71.3 Å². The van der Waals surface area contributed by atoms with E-state index in [9.17, 15) is 13.2 Å². The lowest BCUT2D eigenvalue weighted by Gasteiger charge is -2.30. The fourth-order valence-electron chi connectivity index (χ4n) is 3.54. The van der Waals surface area contributed by atoms with Crippen molar-refractivity contribution >= 4 is 27.7 Å². The number of nitrogens with zero attached hydrogens (tertiary/aromatic N) is 1. The molecule has 3 rings (SSSR count). The smallest absolute Gasteiger partial charge is 0.244 e. The molecule has 166 valence electrons. The third-order valence-corrected chi connectivity index (χ3v) is 6.02. The van der Waals surface area contributed by atoms with Crippen LogP contribution in [0, 0.1) is 5.92 Å². The van der Waals surface area contributed by atoms with Crippen molar-refractivity contribution in [2.75, 3.05) is 24.1 Å². The molecule has 2 aromatic carbocycles. The summed E-state index contributed by atoms with van der Waals surface area (Å²) in [7, 11) is -3.30. The summed E-state index contributed by atoms with van der Waals surface area (Å²) in [6, 6.07) is 15.2. The minimum atomic E-state index is -3.30. The normalized spacial score (nSPS) is 15.8. The summed E-state index contributed by atoms with van der Waals surface area (Å²) in [6.07, 6.45) is 6.83. The first-order chi connectivity index (χ1) is 14.8. The van der Waals surface area contributed by atoms with E-state index in [1.54, 1.807) is 30.3 Å². The van der Waals surface area contributed by atoms with Crippen molar-refractivity contribution in [2.45, 2.75) is 32.9 Å². The highest BCUT2D eigenvalue weighted by Crippen LogP contribution is 2.18. The number of hydrogen-bond donors (Lipinski definition) is 2. The lowest BCUT2D eigenvalue weighted by Crippen LogP contribution is -2.32. The minimum Gasteiger partial charge on any atom is -0.348 e. The van der Waals surface area contributed by atoms with Crippen LogP contribution in [0.25, 0.3) is 6.08 Å². The van der Waals surface area contributed by atoms with E-state index in [0.29, 0.717) is 12.2 Å². The van der Waals surface area contributed by atoms with Gasteiger partial charge >= 0.3 is 0 Å². The number of benzene rings is 2. The van der Waals surface area contributed by atoms with Crippen LogP contribution in [0.3, 0.4) is 0 Å². The number of anilines is 1. The Morgan fingerprint density at radius 1 is 1.03 bits per heavy atom. The number of carbonyl (C=O) groups excluding carboxylic acids is 1. The van der Waals surface area contributed by atoms with Crippen molar-refractivity contribution in [3.63, 3.8) is 0 Å². The molecule has 2 aromatic rings. The van der Waals surface area contributed by atoms with E-state index in [4.69, 9.17) is 0 Å². The Kier molecular flexibility index (Phi) is 7.87. The zero-order valence-corrected chi connectivity index (χ0v) is 19.0. The van der Waals surface area contributed by atoms with E-state index >= 15 is 0 Å². The number of hydrogen-bond acceptors (Lipinski definition) is 4. The van der Waals surface area contributed by atoms with Crippen LogP contribution in [0.15, 0.2) is 54.6 Å². The fourth-order valence-corrected chi connectivity index (χ4v) is 4.10. The Hall–Kier alpha value is -2.64. The van der Waals surface area contributed by atoms with Crippen LogP contribution in [0.5, 0.6) is 0 Å². The van der Waals surface area contributed by atoms with Gasteiger partial charge in [-0.1, -0.05) is 43.3 Å². The Morgan fingerprint density at radius 2 is 1.65 bits per heavy atom. The molecule has 0 radical (unpaired) electrons. The molecule has 0 bridgehead atoms. The molecule has 2 N–H and O–H groups in total. The van der Waals surface area contributed by atoms with Crippen molar-refractivity contribution in [1.82, 2.24) is 10.2 Å². The van der Waals surface area contributed by atoms with E-state index in [0.717, 1.165) is 29.8 Å². The first-order valence-corrected chi connectivity index (χ1v) is 12.5. The molecule has 31 heavy (non-hydrogen) atoms. The SMILES string of the molecule is CC1CCN(Cc2ccc(CNC(=O)/C=C/c3ccc(NS(C)(=O)=O)cc3)cc2)CC1. The molecule has 0 unspecified atom stereocenters. The number of nitrogens with one attached hydrogen (secondary N) is 2. The number of carbonyl (C=O) groups is 1. The Morgan fingerprint density at radius 3 is 2.26 bits per heavy atom. The largest absolute Gasteiger partial charge is 0.348 e. The number of piperidine rings is 1. The lowest BCUT2D eigenvalue weighted by molar-refractivity contribution is -0.116. The maximum absolute atomic E-state index is 12.1. The zero-order chi connectivity index (χ0) is 22.3. The fraction of sp³-hybridized carbons (Fsp3) is 0.375. The first-order valence-electron chi connectivity index (χ1n) is 10.6. The molecule has 1 heterocycles. The Labute approximate surface area is 185 Å². The van der Waals surface area contributed by atoms with Crippen molar-refractivity contribution in [3.8, 4) is 0 Å². The molecule has 0 saturated carbocycles. The summed E-state index contributed by atoms with van der Waals surface area (Å²) in [6.45, 7) is 6.12. The molecule has 1 aliphatic rings. The molecule has 0 aromatic heterocycles. The van der Waals surface area contributed by atoms with Gasteiger partial charge in [-0.25, -0.2) is 8.42 Å². The Balaban J connectivity index is 1.43. The average Bonchev–Trinajstić information content (AvgIpc) is 2.73. The van der Waals surface area contributed by atoms with Crippen LogP contribution in [-0.4, -0.2) is 38.6 Å². The molecular weight excluding hydrogens is 410 g/mol. The van der Waals surface area contributed by atoms with Gasteiger partial charge in [-0.05, 0) is 66.7 Å². The number of sulfonamides is 1. The van der Waals surface area contributed by atoms with Gasteiger partial charge in [0.25, 0.3) is 0 Å². The van der Waals surface area contributed by atoms with Gasteiger partial charge in [0.1, 0.15) is 0 Å². The van der Waals surface area contributed by atoms with Gasteiger partial charge in [0.2, 0.25) is 15.9 Å². The molecule has 1 aliphatic heterocycles. The average molecular weight is 442 g/mol. The van der Waals surface area contributed by atoms with E-state index < -0.39 is 10.0 Å². The second-order valence-corrected chi connectivity index (χ2v) is 10.1. The number of rotatable bonds is 8. The molecule has 1 fully saturated rings. The van der Waals surface area contributed by atoms with Crippen LogP contribution in [0.2, 0.25) is 0 Å². The van der Waals surface area contributed by atoms with Gasteiger partial charge in [-0.3, -0.25) is 14.4 Å². The lowest BCUT2D eigenvalue weighted by atomic mass is 9.99. The van der Waals surface area contributed by atoms with Crippen LogP contribution >= 0.6 is 0 Å². The standard InChI is InChI=1S/C24H31N3O3S/c1-19-13-15-27(16-14-19)18-22-5-3-21(4-6-22)17-25-24(28)12-9-20-7-10-23(11-8-20)26-31(2,29)30/h3-12,19,26H,13-18H2,1-2H3,(H,25,28)/b12-9+. The van der Waals surface area contributed by atoms with Crippen LogP contribution in [0.4, 0.5) is 5.69 Å². The highest BCUT2D eigenvalue weighted by Gasteiger charge is 2.15. The summed E-state index contributed by atoms with van der Waals surface area (Å²) in [5.41, 5.74) is 3.67. The third-order valence-electron chi connectivity index (χ3n) is 5.41. The van der Waals surface area contributed by atoms with Gasteiger partial charge in [0.15, 0.2) is 0 Å². The maximum Gasteiger partial charge on any atom is 0.244 e. The second kappa shape index (κ2) is 10.6. The summed E-state index contributed by atoms with van der Waals surface area (Å²) in [5, 5.41) is 2.89. The van der Waals surface area contributed by atoms with Gasteiger partial charge in [0, 0.05) is 24.9 Å². The molecule has 6 nitrogen and oxygen atoms in total. The number of likely N-dealkylation sites (tertiary alicyclic amines) is 1. The van der Waals surface area contributed by atoms with Crippen molar-refractivity contribution in [1.29, 1.82) is 0 Å². The maximum atomic E-state index is 12.1. The summed E-state index contributed by atoms with van der Waals surface area (Å²) in [4.78, 5) is 14.6. The number of amides is 1. The summed E-state index contributed by atoms with van der Waals surface area (Å²) in [5.74, 6) is 0.664. The van der Waals surface area contributed by atoms with Crippen LogP contribution < -0.4 is 10.0 Å². The van der Waals surface area contributed by atoms with Gasteiger partial charge < -0.3 is 5.32 Å². The molecule has 7 heteroatoms. The van der Waals surface area contributed by atoms with Crippen LogP contribution in [0.1, 0.15) is 36.5 Å².